The molecule has 2 aliphatic rings. The highest BCUT2D eigenvalue weighted by Gasteiger charge is 2.36. The Bertz CT molecular complexity index is 974. The Morgan fingerprint density at radius 1 is 0.964 bits per heavy atom. The molecule has 0 unspecified atom stereocenters. The highest BCUT2D eigenvalue weighted by atomic mass is 16.2. The van der Waals surface area contributed by atoms with Gasteiger partial charge in [-0.1, -0.05) is 79.2 Å². The van der Waals surface area contributed by atoms with Crippen LogP contribution in [-0.4, -0.2) is 10.9 Å². The minimum absolute atomic E-state index is 0.146. The van der Waals surface area contributed by atoms with Gasteiger partial charge >= 0.3 is 0 Å². The first-order chi connectivity index (χ1) is 13.8. The van der Waals surface area contributed by atoms with Crippen molar-refractivity contribution in [2.24, 2.45) is 5.92 Å². The van der Waals surface area contributed by atoms with Crippen LogP contribution in [-0.2, 0) is 16.6 Å². The lowest BCUT2D eigenvalue weighted by atomic mass is 9.68. The molecule has 5 rings (SSSR count). The molecular formula is C25H24N2O. The molecule has 3 nitrogen and oxygen atoms in total. The molecule has 1 fully saturated rings. The molecule has 2 aliphatic carbocycles. The number of allylic oxidation sites excluding steroid dienone is 1. The number of carbonyl (C=O) groups excluding carboxylic acids is 1. The maximum Gasteiger partial charge on any atom is 0.228 e. The van der Waals surface area contributed by atoms with Gasteiger partial charge in [-0.3, -0.25) is 4.79 Å². The standard InChI is InChI=1S/C25H24N2O/c28-24(18-8-7-9-18)27-23-22-14-15-25(16-19(22)17-26-23,20-10-3-1-4-11-20)21-12-5-2-6-13-21/h1-6,10-15,17-18,26H,7-9,16H2,(H,27,28). The van der Waals surface area contributed by atoms with Crippen LogP contribution in [0.1, 0.15) is 41.5 Å². The SMILES string of the molecule is O=C(Nc1[nH]cc2c1C=CC(c1ccccc1)(c1ccccc1)C2)C1CCC1. The van der Waals surface area contributed by atoms with E-state index < -0.39 is 0 Å². The summed E-state index contributed by atoms with van der Waals surface area (Å²) in [5.74, 6) is 1.16. The van der Waals surface area contributed by atoms with Crippen molar-refractivity contribution in [3.8, 4) is 0 Å². The Kier molecular flexibility index (Phi) is 4.16. The van der Waals surface area contributed by atoms with Crippen molar-refractivity contribution in [3.63, 3.8) is 0 Å². The van der Waals surface area contributed by atoms with Crippen molar-refractivity contribution < 1.29 is 4.79 Å². The third-order valence-electron chi connectivity index (χ3n) is 6.31. The van der Waals surface area contributed by atoms with Gasteiger partial charge < -0.3 is 10.3 Å². The Morgan fingerprint density at radius 3 is 2.18 bits per heavy atom. The van der Waals surface area contributed by atoms with Crippen LogP contribution in [0.2, 0.25) is 0 Å². The summed E-state index contributed by atoms with van der Waals surface area (Å²) in [6, 6.07) is 21.3. The molecule has 28 heavy (non-hydrogen) atoms. The van der Waals surface area contributed by atoms with Gasteiger partial charge in [0.25, 0.3) is 0 Å². The predicted molar refractivity (Wildman–Crippen MR) is 113 cm³/mol. The molecule has 3 aromatic rings. The predicted octanol–water partition coefficient (Wildman–Crippen LogP) is 5.31. The zero-order valence-electron chi connectivity index (χ0n) is 15.8. The molecule has 1 aromatic heterocycles. The minimum atomic E-state index is -0.201. The highest BCUT2D eigenvalue weighted by molar-refractivity contribution is 5.94. The molecule has 0 atom stereocenters. The van der Waals surface area contributed by atoms with Gasteiger partial charge in [-0.15, -0.1) is 0 Å². The number of hydrogen-bond acceptors (Lipinski definition) is 1. The number of benzene rings is 2. The molecular weight excluding hydrogens is 344 g/mol. The lowest BCUT2D eigenvalue weighted by Crippen LogP contribution is -2.30. The van der Waals surface area contributed by atoms with E-state index in [-0.39, 0.29) is 17.2 Å². The van der Waals surface area contributed by atoms with E-state index in [1.54, 1.807) is 0 Å². The van der Waals surface area contributed by atoms with Gasteiger partial charge in [0.15, 0.2) is 0 Å². The Labute approximate surface area is 165 Å². The number of aromatic amines is 1. The first-order valence-corrected chi connectivity index (χ1v) is 10.1. The lowest BCUT2D eigenvalue weighted by Gasteiger charge is -2.35. The molecule has 0 aliphatic heterocycles. The van der Waals surface area contributed by atoms with E-state index in [1.807, 2.05) is 0 Å². The van der Waals surface area contributed by atoms with Gasteiger partial charge in [-0.2, -0.15) is 0 Å². The second-order valence-corrected chi connectivity index (χ2v) is 7.93. The molecule has 0 spiro atoms. The van der Waals surface area contributed by atoms with E-state index in [1.165, 1.54) is 16.7 Å². The zero-order chi connectivity index (χ0) is 19.0. The third kappa shape index (κ3) is 2.78. The molecule has 1 saturated carbocycles. The van der Waals surface area contributed by atoms with Crippen LogP contribution in [0, 0.1) is 5.92 Å². The minimum Gasteiger partial charge on any atom is -0.347 e. The average molecular weight is 368 g/mol. The summed E-state index contributed by atoms with van der Waals surface area (Å²) in [5, 5.41) is 3.11. The van der Waals surface area contributed by atoms with Crippen molar-refractivity contribution in [1.82, 2.24) is 4.98 Å². The molecule has 1 amide bonds. The van der Waals surface area contributed by atoms with Gasteiger partial charge in [0.2, 0.25) is 5.91 Å². The van der Waals surface area contributed by atoms with Crippen LogP contribution < -0.4 is 5.32 Å². The molecule has 3 heteroatoms. The monoisotopic (exact) mass is 368 g/mol. The van der Waals surface area contributed by atoms with Crippen LogP contribution in [0.25, 0.3) is 6.08 Å². The first kappa shape index (κ1) is 17.1. The van der Waals surface area contributed by atoms with Crippen LogP contribution in [0.5, 0.6) is 0 Å². The number of hydrogen-bond donors (Lipinski definition) is 2. The number of fused-ring (bicyclic) bond motifs is 1. The van der Waals surface area contributed by atoms with Crippen molar-refractivity contribution in [2.75, 3.05) is 5.32 Å². The van der Waals surface area contributed by atoms with Gasteiger partial charge in [-0.25, -0.2) is 0 Å². The lowest BCUT2D eigenvalue weighted by molar-refractivity contribution is -0.122. The van der Waals surface area contributed by atoms with Crippen LogP contribution >= 0.6 is 0 Å². The second-order valence-electron chi connectivity index (χ2n) is 7.93. The fraction of sp³-hybridized carbons (Fsp3) is 0.240. The van der Waals surface area contributed by atoms with E-state index in [9.17, 15) is 4.79 Å². The second kappa shape index (κ2) is 6.83. The fourth-order valence-corrected chi connectivity index (χ4v) is 4.43. The number of anilines is 1. The summed E-state index contributed by atoms with van der Waals surface area (Å²) in [6.07, 6.45) is 10.6. The Balaban J connectivity index is 1.52. The van der Waals surface area contributed by atoms with E-state index >= 15 is 0 Å². The van der Waals surface area contributed by atoms with Crippen LogP contribution in [0.4, 0.5) is 5.82 Å². The molecule has 0 saturated heterocycles. The quantitative estimate of drug-likeness (QED) is 0.644. The number of aromatic nitrogens is 1. The van der Waals surface area contributed by atoms with Crippen LogP contribution in [0.15, 0.2) is 72.9 Å². The molecule has 0 radical (unpaired) electrons. The van der Waals surface area contributed by atoms with E-state index in [2.05, 4.69) is 89.3 Å². The summed E-state index contributed by atoms with van der Waals surface area (Å²) in [7, 11) is 0. The number of H-pyrrole nitrogens is 1. The van der Waals surface area contributed by atoms with Gasteiger partial charge in [0.1, 0.15) is 5.82 Å². The van der Waals surface area contributed by atoms with Gasteiger partial charge in [0.05, 0.1) is 0 Å². The van der Waals surface area contributed by atoms with E-state index in [4.69, 9.17) is 0 Å². The van der Waals surface area contributed by atoms with Gasteiger partial charge in [0, 0.05) is 23.1 Å². The number of nitrogens with one attached hydrogen (secondary N) is 2. The largest absolute Gasteiger partial charge is 0.347 e. The summed E-state index contributed by atoms with van der Waals surface area (Å²) < 4.78 is 0. The molecule has 0 bridgehead atoms. The molecule has 2 aromatic carbocycles. The molecule has 140 valence electrons. The zero-order valence-corrected chi connectivity index (χ0v) is 15.8. The molecule has 2 N–H and O–H groups in total. The summed E-state index contributed by atoms with van der Waals surface area (Å²) in [6.45, 7) is 0. The topological polar surface area (TPSA) is 44.9 Å². The number of amides is 1. The molecule has 1 heterocycles. The van der Waals surface area contributed by atoms with E-state index in [0.717, 1.165) is 37.1 Å². The summed E-state index contributed by atoms with van der Waals surface area (Å²) >= 11 is 0. The van der Waals surface area contributed by atoms with E-state index in [0.29, 0.717) is 0 Å². The first-order valence-electron chi connectivity index (χ1n) is 10.1. The maximum absolute atomic E-state index is 12.4. The highest BCUT2D eigenvalue weighted by Crippen LogP contribution is 2.43. The maximum atomic E-state index is 12.4. The average Bonchev–Trinajstić information content (AvgIpc) is 3.09. The Morgan fingerprint density at radius 2 is 1.61 bits per heavy atom. The van der Waals surface area contributed by atoms with Crippen molar-refractivity contribution in [2.45, 2.75) is 31.1 Å². The smallest absolute Gasteiger partial charge is 0.228 e. The van der Waals surface area contributed by atoms with Crippen molar-refractivity contribution in [1.29, 1.82) is 0 Å². The third-order valence-corrected chi connectivity index (χ3v) is 6.31. The van der Waals surface area contributed by atoms with Gasteiger partial charge in [-0.05, 0) is 36.0 Å². The fourth-order valence-electron chi connectivity index (χ4n) is 4.43. The normalized spacial score (nSPS) is 17.6. The summed E-state index contributed by atoms with van der Waals surface area (Å²) in [5.41, 5.74) is 4.70. The summed E-state index contributed by atoms with van der Waals surface area (Å²) in [4.78, 5) is 15.7. The van der Waals surface area contributed by atoms with Crippen molar-refractivity contribution >= 4 is 17.8 Å². The Hall–Kier alpha value is -3.07. The number of carbonyl (C=O) groups is 1. The number of rotatable bonds is 4. The van der Waals surface area contributed by atoms with Crippen LogP contribution in [0.3, 0.4) is 0 Å². The van der Waals surface area contributed by atoms with Crippen molar-refractivity contribution in [3.05, 3.63) is 95.2 Å².